The molecule has 2 atom stereocenters. The number of carbonyl (C=O) groups is 1. The highest BCUT2D eigenvalue weighted by Gasteiger charge is 2.22. The van der Waals surface area contributed by atoms with Crippen molar-refractivity contribution in [3.8, 4) is 0 Å². The van der Waals surface area contributed by atoms with Gasteiger partial charge >= 0.3 is 0 Å². The van der Waals surface area contributed by atoms with Gasteiger partial charge in [-0.05, 0) is 50.6 Å². The highest BCUT2D eigenvalue weighted by atomic mass is 16.1. The van der Waals surface area contributed by atoms with Crippen LogP contribution in [0.25, 0.3) is 0 Å². The average Bonchev–Trinajstić information content (AvgIpc) is 2.73. The highest BCUT2D eigenvalue weighted by Crippen LogP contribution is 2.17. The third kappa shape index (κ3) is 4.80. The van der Waals surface area contributed by atoms with E-state index in [2.05, 4.69) is 48.1 Å². The monoisotopic (exact) mass is 320 g/mol. The van der Waals surface area contributed by atoms with E-state index in [1.165, 1.54) is 11.3 Å². The number of carbonyl (C=O) groups excluding carboxylic acids is 1. The zero-order chi connectivity index (χ0) is 17.0. The molecule has 130 valence electrons. The van der Waals surface area contributed by atoms with E-state index in [1.807, 2.05) is 6.92 Å². The molecule has 1 aliphatic heterocycles. The smallest absolute Gasteiger partial charge is 0.220 e. The summed E-state index contributed by atoms with van der Waals surface area (Å²) in [7, 11) is 0. The minimum absolute atomic E-state index is 0.154. The van der Waals surface area contributed by atoms with E-state index in [-0.39, 0.29) is 11.9 Å². The maximum absolute atomic E-state index is 12.3. The van der Waals surface area contributed by atoms with Crippen molar-refractivity contribution < 1.29 is 4.79 Å². The summed E-state index contributed by atoms with van der Waals surface area (Å²) in [5, 5.41) is 11.2. The van der Waals surface area contributed by atoms with E-state index >= 15 is 0 Å². The Bertz CT molecular complexity index is 535. The summed E-state index contributed by atoms with van der Waals surface area (Å²) in [4.78, 5) is 12.3. The third-order valence-corrected chi connectivity index (χ3v) is 4.85. The molecule has 1 aromatic heterocycles. The third-order valence-electron chi connectivity index (χ3n) is 4.85. The van der Waals surface area contributed by atoms with Crippen molar-refractivity contribution in [3.63, 3.8) is 0 Å². The maximum Gasteiger partial charge on any atom is 0.220 e. The molecular formula is C18H32N4O. The molecule has 0 spiro atoms. The standard InChI is InChI=1S/C18H32N4O/c1-12(2)11-22-15(5)16(14(4)21-22)6-7-18(23)20-17-10-19-9-8-13(17)3/h12-13,17,19H,6-11H2,1-5H3,(H,20,23). The van der Waals surface area contributed by atoms with Crippen LogP contribution in [0.15, 0.2) is 0 Å². The number of rotatable bonds is 6. The molecule has 5 nitrogen and oxygen atoms in total. The van der Waals surface area contributed by atoms with Crippen LogP contribution in [0.4, 0.5) is 0 Å². The summed E-state index contributed by atoms with van der Waals surface area (Å²) in [6, 6.07) is 0.266. The molecule has 0 saturated carbocycles. The Kier molecular flexibility index (Phi) is 6.22. The molecular weight excluding hydrogens is 288 g/mol. The van der Waals surface area contributed by atoms with Crippen LogP contribution in [0, 0.1) is 25.7 Å². The predicted octanol–water partition coefficient (Wildman–Crippen LogP) is 2.20. The molecule has 1 aromatic rings. The van der Waals surface area contributed by atoms with E-state index in [0.717, 1.165) is 38.2 Å². The van der Waals surface area contributed by atoms with E-state index in [1.54, 1.807) is 0 Å². The van der Waals surface area contributed by atoms with Crippen LogP contribution < -0.4 is 10.6 Å². The van der Waals surface area contributed by atoms with Crippen molar-refractivity contribution in [1.29, 1.82) is 0 Å². The summed E-state index contributed by atoms with van der Waals surface area (Å²) in [6.07, 6.45) is 2.44. The van der Waals surface area contributed by atoms with Crippen molar-refractivity contribution in [2.24, 2.45) is 11.8 Å². The van der Waals surface area contributed by atoms with Gasteiger partial charge in [0.15, 0.2) is 0 Å². The first-order valence-electron chi connectivity index (χ1n) is 8.91. The number of hydrogen-bond donors (Lipinski definition) is 2. The van der Waals surface area contributed by atoms with Gasteiger partial charge in [-0.25, -0.2) is 0 Å². The van der Waals surface area contributed by atoms with Crippen molar-refractivity contribution in [2.45, 2.75) is 66.5 Å². The SMILES string of the molecule is Cc1nn(CC(C)C)c(C)c1CCC(=O)NC1CNCCC1C. The molecule has 1 fully saturated rings. The predicted molar refractivity (Wildman–Crippen MR) is 93.4 cm³/mol. The van der Waals surface area contributed by atoms with E-state index in [4.69, 9.17) is 0 Å². The molecule has 2 rings (SSSR count). The maximum atomic E-state index is 12.3. The van der Waals surface area contributed by atoms with Gasteiger partial charge in [0.2, 0.25) is 5.91 Å². The fourth-order valence-electron chi connectivity index (χ4n) is 3.32. The van der Waals surface area contributed by atoms with Crippen molar-refractivity contribution in [3.05, 3.63) is 17.0 Å². The summed E-state index contributed by atoms with van der Waals surface area (Å²) in [6.45, 7) is 13.7. The fraction of sp³-hybridized carbons (Fsp3) is 0.778. The van der Waals surface area contributed by atoms with Crippen LogP contribution in [0.3, 0.4) is 0 Å². The van der Waals surface area contributed by atoms with Gasteiger partial charge in [0.05, 0.1) is 5.69 Å². The number of amides is 1. The second-order valence-corrected chi connectivity index (χ2v) is 7.37. The second-order valence-electron chi connectivity index (χ2n) is 7.37. The Morgan fingerprint density at radius 2 is 2.17 bits per heavy atom. The Hall–Kier alpha value is -1.36. The Morgan fingerprint density at radius 1 is 1.43 bits per heavy atom. The summed E-state index contributed by atoms with van der Waals surface area (Å²) in [5.74, 6) is 1.28. The van der Waals surface area contributed by atoms with Gasteiger partial charge in [0, 0.05) is 31.2 Å². The lowest BCUT2D eigenvalue weighted by Crippen LogP contribution is -2.50. The van der Waals surface area contributed by atoms with Crippen molar-refractivity contribution in [1.82, 2.24) is 20.4 Å². The molecule has 1 aliphatic rings. The molecule has 0 bridgehead atoms. The summed E-state index contributed by atoms with van der Waals surface area (Å²) < 4.78 is 2.08. The molecule has 2 heterocycles. The van der Waals surface area contributed by atoms with Gasteiger partial charge in [-0.2, -0.15) is 5.10 Å². The molecule has 0 aliphatic carbocycles. The number of nitrogens with zero attached hydrogens (tertiary/aromatic N) is 2. The van der Waals surface area contributed by atoms with Gasteiger partial charge in [0.1, 0.15) is 0 Å². The largest absolute Gasteiger partial charge is 0.352 e. The van der Waals surface area contributed by atoms with Gasteiger partial charge in [-0.15, -0.1) is 0 Å². The molecule has 1 saturated heterocycles. The lowest BCUT2D eigenvalue weighted by Gasteiger charge is -2.30. The Morgan fingerprint density at radius 3 is 2.83 bits per heavy atom. The number of piperidine rings is 1. The minimum Gasteiger partial charge on any atom is -0.352 e. The van der Waals surface area contributed by atoms with Gasteiger partial charge in [-0.3, -0.25) is 9.48 Å². The van der Waals surface area contributed by atoms with Crippen LogP contribution >= 0.6 is 0 Å². The minimum atomic E-state index is 0.154. The van der Waals surface area contributed by atoms with Crippen LogP contribution in [-0.4, -0.2) is 34.8 Å². The zero-order valence-corrected chi connectivity index (χ0v) is 15.3. The first-order valence-corrected chi connectivity index (χ1v) is 8.91. The van der Waals surface area contributed by atoms with Crippen molar-refractivity contribution in [2.75, 3.05) is 13.1 Å². The molecule has 2 unspecified atom stereocenters. The van der Waals surface area contributed by atoms with Crippen LogP contribution in [0.2, 0.25) is 0 Å². The van der Waals surface area contributed by atoms with Crippen LogP contribution in [0.1, 0.15) is 50.6 Å². The molecule has 23 heavy (non-hydrogen) atoms. The second kappa shape index (κ2) is 7.95. The highest BCUT2D eigenvalue weighted by molar-refractivity contribution is 5.76. The molecule has 0 aromatic carbocycles. The topological polar surface area (TPSA) is 59.0 Å². The van der Waals surface area contributed by atoms with Gasteiger partial charge in [0.25, 0.3) is 0 Å². The van der Waals surface area contributed by atoms with E-state index < -0.39 is 0 Å². The molecule has 1 amide bonds. The first kappa shape index (κ1) is 18.0. The Labute approximate surface area is 140 Å². The summed E-state index contributed by atoms with van der Waals surface area (Å²) in [5.41, 5.74) is 3.50. The summed E-state index contributed by atoms with van der Waals surface area (Å²) >= 11 is 0. The van der Waals surface area contributed by atoms with Crippen LogP contribution in [0.5, 0.6) is 0 Å². The molecule has 0 radical (unpaired) electrons. The quantitative estimate of drug-likeness (QED) is 0.845. The van der Waals surface area contributed by atoms with Crippen LogP contribution in [-0.2, 0) is 17.8 Å². The molecule has 5 heteroatoms. The van der Waals surface area contributed by atoms with Crippen molar-refractivity contribution >= 4 is 5.91 Å². The average molecular weight is 320 g/mol. The molecule has 2 N–H and O–H groups in total. The van der Waals surface area contributed by atoms with Gasteiger partial charge in [-0.1, -0.05) is 20.8 Å². The number of aryl methyl sites for hydroxylation is 1. The number of aromatic nitrogens is 2. The van der Waals surface area contributed by atoms with E-state index in [0.29, 0.717) is 18.3 Å². The first-order chi connectivity index (χ1) is 10.9. The number of hydrogen-bond acceptors (Lipinski definition) is 3. The normalized spacial score (nSPS) is 21.7. The number of nitrogens with one attached hydrogen (secondary N) is 2. The van der Waals surface area contributed by atoms with Gasteiger partial charge < -0.3 is 10.6 Å². The van der Waals surface area contributed by atoms with E-state index in [9.17, 15) is 4.79 Å². The fourth-order valence-corrected chi connectivity index (χ4v) is 3.32. The zero-order valence-electron chi connectivity index (χ0n) is 15.3. The lowest BCUT2D eigenvalue weighted by molar-refractivity contribution is -0.122. The Balaban J connectivity index is 1.90. The lowest BCUT2D eigenvalue weighted by atomic mass is 9.94.